The molecule has 4 aromatic carbocycles. The molecule has 2 aliphatic rings. The van der Waals surface area contributed by atoms with Gasteiger partial charge in [0.05, 0.1) is 79.5 Å². The molecule has 82 heavy (non-hydrogen) atoms. The molecular weight excluding hydrogens is 1100 g/mol. The van der Waals surface area contributed by atoms with E-state index >= 15 is 4.39 Å². The molecule has 0 spiro atoms. The summed E-state index contributed by atoms with van der Waals surface area (Å²) in [6.45, 7) is 13.9. The summed E-state index contributed by atoms with van der Waals surface area (Å²) in [5, 5.41) is 35.6. The number of likely N-dealkylation sites (N-methyl/N-ethyl adjacent to an activating group) is 1. The highest BCUT2D eigenvalue weighted by atomic mass is 35.5. The summed E-state index contributed by atoms with van der Waals surface area (Å²) >= 11 is 8.41. The number of ether oxygens (including phenoxy) is 4. The van der Waals surface area contributed by atoms with Crippen LogP contribution in [-0.2, 0) is 38.1 Å². The van der Waals surface area contributed by atoms with E-state index in [4.69, 9.17) is 35.5 Å². The lowest BCUT2D eigenvalue weighted by molar-refractivity contribution is -0.144. The summed E-state index contributed by atoms with van der Waals surface area (Å²) in [7, 11) is 1.69. The molecule has 0 bridgehead atoms. The molecule has 6 aromatic rings. The van der Waals surface area contributed by atoms with Gasteiger partial charge in [-0.2, -0.15) is 4.98 Å². The van der Waals surface area contributed by atoms with Gasteiger partial charge in [-0.25, -0.2) is 14.4 Å². The number of aromatic hydroxyl groups is 1. The third-order valence-electron chi connectivity index (χ3n) is 14.4. The van der Waals surface area contributed by atoms with Crippen molar-refractivity contribution in [2.45, 2.75) is 71.7 Å². The number of β-amino-alcohol motifs (C(OH)–C–C–N with tert-alkyl or cyclic N) is 1. The fraction of sp³-hybridized carbons (Fsp3) is 0.475. The number of anilines is 2. The molecule has 2 saturated heterocycles. The Morgan fingerprint density at radius 1 is 0.915 bits per heavy atom. The van der Waals surface area contributed by atoms with E-state index in [1.165, 1.54) is 11.0 Å². The van der Waals surface area contributed by atoms with Gasteiger partial charge in [0.1, 0.15) is 35.8 Å². The number of carbonyl (C=O) groups is 4. The highest BCUT2D eigenvalue weighted by Gasteiger charge is 2.45. The summed E-state index contributed by atoms with van der Waals surface area (Å²) in [6, 6.07) is 17.8. The zero-order chi connectivity index (χ0) is 58.5. The Balaban J connectivity index is 0.699. The first-order valence-electron chi connectivity index (χ1n) is 27.6. The Kier molecular flexibility index (Phi) is 21.4. The van der Waals surface area contributed by atoms with Gasteiger partial charge in [0, 0.05) is 76.7 Å². The molecular formula is C59H74ClFN10O10S. The van der Waals surface area contributed by atoms with Crippen LogP contribution in [0.4, 0.5) is 16.2 Å². The van der Waals surface area contributed by atoms with Crippen LogP contribution < -0.4 is 26.2 Å². The SMILES string of the molecule is Cc1ncsc1-c1ccc([C@H](C)NC(=O)C2CC(O)CN2C(=O)[C@@H](NC(=O)COCCOCCOCCOCCN(C)C(=O)CCNc2nc(N3CCNCC3)c3cc(Cl)c(-c4cc(O)cc5ccccc45)c(F)c3n2)C(C)(C)C)cc1. The first kappa shape index (κ1) is 61.4. The van der Waals surface area contributed by atoms with E-state index < -0.39 is 41.2 Å². The van der Waals surface area contributed by atoms with Crippen molar-refractivity contribution in [2.75, 3.05) is 116 Å². The van der Waals surface area contributed by atoms with Crippen LogP contribution in [0.5, 0.6) is 5.75 Å². The lowest BCUT2D eigenvalue weighted by atomic mass is 9.85. The highest BCUT2D eigenvalue weighted by Crippen LogP contribution is 2.42. The number of likely N-dealkylation sites (tertiary alicyclic amines) is 1. The third kappa shape index (κ3) is 15.7. The van der Waals surface area contributed by atoms with Crippen LogP contribution in [0.15, 0.2) is 72.2 Å². The smallest absolute Gasteiger partial charge is 0.246 e. The maximum Gasteiger partial charge on any atom is 0.246 e. The first-order valence-corrected chi connectivity index (χ1v) is 28.9. The molecule has 0 aliphatic carbocycles. The van der Waals surface area contributed by atoms with Crippen LogP contribution in [0, 0.1) is 18.2 Å². The van der Waals surface area contributed by atoms with Gasteiger partial charge in [-0.15, -0.1) is 11.3 Å². The van der Waals surface area contributed by atoms with E-state index in [1.807, 2.05) is 83.1 Å². The molecule has 8 rings (SSSR count). The molecule has 4 heterocycles. The number of aliphatic hydroxyl groups excluding tert-OH is 1. The van der Waals surface area contributed by atoms with Gasteiger partial charge in [-0.1, -0.05) is 80.9 Å². The van der Waals surface area contributed by atoms with Gasteiger partial charge < -0.3 is 65.1 Å². The largest absolute Gasteiger partial charge is 0.508 e. The van der Waals surface area contributed by atoms with Crippen LogP contribution >= 0.6 is 22.9 Å². The van der Waals surface area contributed by atoms with Crippen molar-refractivity contribution in [2.24, 2.45) is 5.41 Å². The fourth-order valence-corrected chi connectivity index (χ4v) is 11.1. The highest BCUT2D eigenvalue weighted by molar-refractivity contribution is 7.13. The van der Waals surface area contributed by atoms with Crippen LogP contribution in [-0.4, -0.2) is 182 Å². The van der Waals surface area contributed by atoms with E-state index in [0.29, 0.717) is 56.2 Å². The number of rotatable bonds is 26. The predicted octanol–water partition coefficient (Wildman–Crippen LogP) is 6.49. The van der Waals surface area contributed by atoms with Crippen LogP contribution in [0.3, 0.4) is 0 Å². The number of fused-ring (bicyclic) bond motifs is 2. The fourth-order valence-electron chi connectivity index (χ4n) is 9.97. The average molecular weight is 1170 g/mol. The number of amides is 4. The Hall–Kier alpha value is -6.63. The Labute approximate surface area is 486 Å². The molecule has 2 fully saturated rings. The van der Waals surface area contributed by atoms with Gasteiger partial charge >= 0.3 is 0 Å². The molecule has 2 unspecified atom stereocenters. The number of phenolic OH excluding ortho intramolecular Hbond substituents is 1. The van der Waals surface area contributed by atoms with E-state index in [1.54, 1.807) is 40.9 Å². The molecule has 4 amide bonds. The van der Waals surface area contributed by atoms with E-state index in [9.17, 15) is 29.4 Å². The van der Waals surface area contributed by atoms with E-state index in [0.717, 1.165) is 45.6 Å². The zero-order valence-corrected chi connectivity index (χ0v) is 48.8. The number of hydrogen-bond donors (Lipinski definition) is 6. The first-order chi connectivity index (χ1) is 39.4. The molecule has 0 saturated carbocycles. The maximum atomic E-state index is 16.8. The number of phenols is 1. The number of benzene rings is 4. The van der Waals surface area contributed by atoms with Gasteiger partial charge in [0.25, 0.3) is 0 Å². The number of aliphatic hydroxyl groups is 1. The molecule has 4 atom stereocenters. The summed E-state index contributed by atoms with van der Waals surface area (Å²) in [4.78, 5) is 73.7. The number of aryl methyl sites for hydroxylation is 1. The summed E-state index contributed by atoms with van der Waals surface area (Å²) in [5.41, 5.74) is 4.57. The van der Waals surface area contributed by atoms with E-state index in [-0.39, 0.29) is 105 Å². The quantitative estimate of drug-likeness (QED) is 0.0318. The van der Waals surface area contributed by atoms with Crippen LogP contribution in [0.2, 0.25) is 5.02 Å². The Bertz CT molecular complexity index is 3180. The minimum Gasteiger partial charge on any atom is -0.508 e. The van der Waals surface area contributed by atoms with Gasteiger partial charge in [-0.3, -0.25) is 19.2 Å². The van der Waals surface area contributed by atoms with Crippen molar-refractivity contribution in [1.29, 1.82) is 0 Å². The molecule has 440 valence electrons. The number of nitrogens with one attached hydrogen (secondary N) is 4. The minimum absolute atomic E-state index is 0.0220. The average Bonchev–Trinajstić information content (AvgIpc) is 2.36. The number of halogens is 2. The molecule has 2 aromatic heterocycles. The van der Waals surface area contributed by atoms with Gasteiger partial charge in [0.2, 0.25) is 29.6 Å². The monoisotopic (exact) mass is 1170 g/mol. The van der Waals surface area contributed by atoms with Crippen LogP contribution in [0.25, 0.3) is 43.2 Å². The minimum atomic E-state index is -0.998. The topological polar surface area (TPSA) is 242 Å². The van der Waals surface area contributed by atoms with Crippen molar-refractivity contribution in [1.82, 2.24) is 40.7 Å². The lowest BCUT2D eigenvalue weighted by Crippen LogP contribution is -2.58. The number of nitrogens with zero attached hydrogens (tertiary/aromatic N) is 6. The molecule has 6 N–H and O–H groups in total. The molecule has 20 nitrogen and oxygen atoms in total. The molecule has 0 radical (unpaired) electrons. The standard InChI is InChI=1S/C59H74ClFN10O10S/c1-36(38-11-13-39(14-12-38)53-37(2)64-35-82-53)65-56(76)47-31-42(73)33-71(47)57(77)54(59(3,4)5)66-48(74)34-81-28-27-80-26-25-79-24-23-78-22-21-69(6)49(75)15-16-63-58-67-52-45(55(68-58)70-19-17-62-18-20-70)32-46(60)50(51(52)61)44-30-41(72)29-40-9-7-8-10-43(40)44/h7-14,29-30,32,35-36,42,47,54,62,72-73H,15-28,31,33-34H2,1-6H3,(H,65,76)(H,66,74)(H,63,67,68)/t36-,42?,47?,54+/m0/s1. The Morgan fingerprint density at radius 3 is 2.28 bits per heavy atom. The second-order valence-corrected chi connectivity index (χ2v) is 22.8. The van der Waals surface area contributed by atoms with Crippen LogP contribution in [0.1, 0.15) is 57.8 Å². The number of carbonyl (C=O) groups excluding carboxylic acids is 4. The maximum absolute atomic E-state index is 16.8. The predicted molar refractivity (Wildman–Crippen MR) is 315 cm³/mol. The van der Waals surface area contributed by atoms with E-state index in [2.05, 4.69) is 36.1 Å². The second-order valence-electron chi connectivity index (χ2n) is 21.5. The van der Waals surface area contributed by atoms with Crippen molar-refractivity contribution >= 4 is 80.0 Å². The number of piperazine rings is 1. The number of thiazole rings is 1. The summed E-state index contributed by atoms with van der Waals surface area (Å²) in [5.74, 6) is -1.48. The third-order valence-corrected chi connectivity index (χ3v) is 15.7. The van der Waals surface area contributed by atoms with Gasteiger partial charge in [-0.05, 0) is 64.9 Å². The van der Waals surface area contributed by atoms with Crippen molar-refractivity contribution < 1.29 is 52.7 Å². The van der Waals surface area contributed by atoms with Crippen molar-refractivity contribution in [3.05, 3.63) is 94.3 Å². The molecule has 2 aliphatic heterocycles. The summed E-state index contributed by atoms with van der Waals surface area (Å²) < 4.78 is 39.3. The second kappa shape index (κ2) is 28.6. The Morgan fingerprint density at radius 2 is 1.60 bits per heavy atom. The number of hydrogen-bond acceptors (Lipinski definition) is 17. The lowest BCUT2D eigenvalue weighted by Gasteiger charge is -2.35. The van der Waals surface area contributed by atoms with Crippen molar-refractivity contribution in [3.8, 4) is 27.3 Å². The zero-order valence-electron chi connectivity index (χ0n) is 47.3. The number of aromatic nitrogens is 3. The molecule has 23 heteroatoms. The summed E-state index contributed by atoms with van der Waals surface area (Å²) in [6.07, 6.45) is -0.711. The normalized spacial score (nSPS) is 16.4. The van der Waals surface area contributed by atoms with Gasteiger partial charge in [0.15, 0.2) is 5.82 Å². The van der Waals surface area contributed by atoms with Crippen molar-refractivity contribution in [3.63, 3.8) is 0 Å².